The molecule has 144 valence electrons. The number of amides is 1. The van der Waals surface area contributed by atoms with Gasteiger partial charge in [0.05, 0.1) is 29.2 Å². The Morgan fingerprint density at radius 1 is 1.23 bits per heavy atom. The first-order valence-corrected chi connectivity index (χ1v) is 10.3. The molecular formula is C18H25NO6S. The van der Waals surface area contributed by atoms with E-state index in [-0.39, 0.29) is 11.5 Å². The molecule has 1 atom stereocenters. The first-order chi connectivity index (χ1) is 12.1. The van der Waals surface area contributed by atoms with Gasteiger partial charge in [-0.1, -0.05) is 13.8 Å². The largest absolute Gasteiger partial charge is 0.493 e. The van der Waals surface area contributed by atoms with Crippen molar-refractivity contribution in [2.45, 2.75) is 32.7 Å². The molecule has 26 heavy (non-hydrogen) atoms. The van der Waals surface area contributed by atoms with Crippen LogP contribution in [0.15, 0.2) is 24.3 Å². The third kappa shape index (κ3) is 6.01. The van der Waals surface area contributed by atoms with Gasteiger partial charge in [0.1, 0.15) is 5.75 Å². The summed E-state index contributed by atoms with van der Waals surface area (Å²) >= 11 is 0. The molecule has 1 heterocycles. The highest BCUT2D eigenvalue weighted by atomic mass is 32.2. The molecule has 0 bridgehead atoms. The Bertz CT molecular complexity index is 756. The molecule has 1 saturated heterocycles. The molecule has 8 heteroatoms. The van der Waals surface area contributed by atoms with E-state index in [4.69, 9.17) is 9.47 Å². The van der Waals surface area contributed by atoms with Crippen LogP contribution in [0.3, 0.4) is 0 Å². The predicted molar refractivity (Wildman–Crippen MR) is 96.9 cm³/mol. The minimum atomic E-state index is -3.12. The second-order valence-electron chi connectivity index (χ2n) is 7.26. The molecule has 1 fully saturated rings. The summed E-state index contributed by atoms with van der Waals surface area (Å²) < 4.78 is 33.6. The van der Waals surface area contributed by atoms with E-state index in [0.717, 1.165) is 0 Å². The highest BCUT2D eigenvalue weighted by molar-refractivity contribution is 7.91. The molecule has 0 radical (unpaired) electrons. The summed E-state index contributed by atoms with van der Waals surface area (Å²) in [6.45, 7) is 5.88. The Hall–Kier alpha value is -2.09. The average Bonchev–Trinajstić information content (AvgIpc) is 2.84. The number of benzene rings is 1. The van der Waals surface area contributed by atoms with E-state index in [1.165, 1.54) is 0 Å². The van der Waals surface area contributed by atoms with Crippen molar-refractivity contribution in [3.63, 3.8) is 0 Å². The van der Waals surface area contributed by atoms with Crippen LogP contribution in [0.25, 0.3) is 0 Å². The average molecular weight is 383 g/mol. The monoisotopic (exact) mass is 383 g/mol. The molecule has 1 N–H and O–H groups in total. The van der Waals surface area contributed by atoms with Gasteiger partial charge in [-0.25, -0.2) is 13.2 Å². The number of hydrogen-bond donors (Lipinski definition) is 1. The van der Waals surface area contributed by atoms with Gasteiger partial charge in [-0.3, -0.25) is 4.79 Å². The summed E-state index contributed by atoms with van der Waals surface area (Å²) in [7, 11) is -3.12. The third-order valence-corrected chi connectivity index (χ3v) is 5.86. The topological polar surface area (TPSA) is 98.8 Å². The summed E-state index contributed by atoms with van der Waals surface area (Å²) in [5.41, 5.74) is -0.498. The lowest BCUT2D eigenvalue weighted by molar-refractivity contribution is -0.125. The summed E-state index contributed by atoms with van der Waals surface area (Å²) in [4.78, 5) is 24.0. The van der Waals surface area contributed by atoms with E-state index in [0.29, 0.717) is 30.3 Å². The first kappa shape index (κ1) is 20.2. The number of carbonyl (C=O) groups is 2. The number of sulfone groups is 1. The third-order valence-electron chi connectivity index (χ3n) is 3.95. The van der Waals surface area contributed by atoms with Crippen molar-refractivity contribution < 1.29 is 27.5 Å². The van der Waals surface area contributed by atoms with Gasteiger partial charge in [0.25, 0.3) is 5.91 Å². The zero-order valence-electron chi connectivity index (χ0n) is 15.3. The second kappa shape index (κ2) is 8.07. The van der Waals surface area contributed by atoms with E-state index in [2.05, 4.69) is 5.32 Å². The lowest BCUT2D eigenvalue weighted by Crippen LogP contribution is -2.48. The van der Waals surface area contributed by atoms with Crippen LogP contribution in [-0.2, 0) is 19.4 Å². The Balaban J connectivity index is 1.81. The van der Waals surface area contributed by atoms with Crippen molar-refractivity contribution in [1.29, 1.82) is 0 Å². The first-order valence-electron chi connectivity index (χ1n) is 8.50. The number of esters is 1. The minimum Gasteiger partial charge on any atom is -0.493 e. The van der Waals surface area contributed by atoms with Gasteiger partial charge in [-0.15, -0.1) is 0 Å². The van der Waals surface area contributed by atoms with Gasteiger partial charge >= 0.3 is 5.97 Å². The maximum Gasteiger partial charge on any atom is 0.338 e. The molecule has 0 aliphatic carbocycles. The number of nitrogens with one attached hydrogen (secondary N) is 1. The summed E-state index contributed by atoms with van der Waals surface area (Å²) in [5, 5.41) is 2.64. The van der Waals surface area contributed by atoms with E-state index >= 15 is 0 Å². The Morgan fingerprint density at radius 3 is 2.42 bits per heavy atom. The number of rotatable bonds is 7. The van der Waals surface area contributed by atoms with Crippen molar-refractivity contribution in [2.24, 2.45) is 5.92 Å². The standard InChI is InChI=1S/C18H25NO6S/c1-13(2)10-24-15-6-4-14(5-7-15)17(21)25-11-16(20)19-18(3)8-9-26(22,23)12-18/h4-7,13H,8-12H2,1-3H3,(H,19,20). The van der Waals surface area contributed by atoms with Crippen LogP contribution in [0, 0.1) is 5.92 Å². The second-order valence-corrected chi connectivity index (χ2v) is 9.44. The van der Waals surface area contributed by atoms with E-state index in [9.17, 15) is 18.0 Å². The van der Waals surface area contributed by atoms with Crippen LogP contribution in [0.1, 0.15) is 37.6 Å². The molecule has 7 nitrogen and oxygen atoms in total. The molecule has 0 aromatic heterocycles. The van der Waals surface area contributed by atoms with Crippen LogP contribution in [0.5, 0.6) is 5.75 Å². The zero-order valence-corrected chi connectivity index (χ0v) is 16.1. The Kier molecular flexibility index (Phi) is 6.28. The van der Waals surface area contributed by atoms with Gasteiger partial charge in [0.15, 0.2) is 16.4 Å². The maximum atomic E-state index is 12.0. The van der Waals surface area contributed by atoms with Crippen molar-refractivity contribution in [2.75, 3.05) is 24.7 Å². The van der Waals surface area contributed by atoms with E-state index in [1.807, 2.05) is 13.8 Å². The molecule has 2 rings (SSSR count). The number of carbonyl (C=O) groups excluding carboxylic acids is 2. The molecular weight excluding hydrogens is 358 g/mol. The van der Waals surface area contributed by atoms with Gasteiger partial charge in [0, 0.05) is 0 Å². The minimum absolute atomic E-state index is 0.0504. The highest BCUT2D eigenvalue weighted by Crippen LogP contribution is 2.22. The van der Waals surface area contributed by atoms with Crippen molar-refractivity contribution in [3.05, 3.63) is 29.8 Å². The van der Waals surface area contributed by atoms with Gasteiger partial charge in [-0.2, -0.15) is 0 Å². The molecule has 1 aliphatic heterocycles. The molecule has 1 aromatic rings. The van der Waals surface area contributed by atoms with Crippen molar-refractivity contribution in [3.8, 4) is 5.75 Å². The van der Waals surface area contributed by atoms with Crippen molar-refractivity contribution >= 4 is 21.7 Å². The number of ether oxygens (including phenoxy) is 2. The van der Waals surface area contributed by atoms with Crippen molar-refractivity contribution in [1.82, 2.24) is 5.32 Å². The fraction of sp³-hybridized carbons (Fsp3) is 0.556. The van der Waals surface area contributed by atoms with Crippen LogP contribution in [0.4, 0.5) is 0 Å². The Morgan fingerprint density at radius 2 is 1.88 bits per heavy atom. The molecule has 1 amide bonds. The zero-order chi connectivity index (χ0) is 19.4. The van der Waals surface area contributed by atoms with Crippen LogP contribution in [-0.4, -0.2) is 50.6 Å². The van der Waals surface area contributed by atoms with Gasteiger partial charge in [0.2, 0.25) is 0 Å². The quantitative estimate of drug-likeness (QED) is 0.718. The van der Waals surface area contributed by atoms with Crippen LogP contribution >= 0.6 is 0 Å². The molecule has 1 aromatic carbocycles. The maximum absolute atomic E-state index is 12.0. The molecule has 0 saturated carbocycles. The van der Waals surface area contributed by atoms with Crippen LogP contribution in [0.2, 0.25) is 0 Å². The lowest BCUT2D eigenvalue weighted by Gasteiger charge is -2.23. The Labute approximate surface area is 154 Å². The summed E-state index contributed by atoms with van der Waals surface area (Å²) in [5.74, 6) is -0.139. The molecule has 1 unspecified atom stereocenters. The smallest absolute Gasteiger partial charge is 0.338 e. The number of hydrogen-bond acceptors (Lipinski definition) is 6. The SMILES string of the molecule is CC(C)COc1ccc(C(=O)OCC(=O)NC2(C)CCS(=O)(=O)C2)cc1. The molecule has 1 aliphatic rings. The van der Waals surface area contributed by atoms with Crippen LogP contribution < -0.4 is 10.1 Å². The fourth-order valence-electron chi connectivity index (χ4n) is 2.65. The summed E-state index contributed by atoms with van der Waals surface area (Å²) in [6, 6.07) is 6.48. The normalized spacial score (nSPS) is 21.4. The predicted octanol–water partition coefficient (Wildman–Crippen LogP) is 1.57. The lowest BCUT2D eigenvalue weighted by atomic mass is 10.0. The highest BCUT2D eigenvalue weighted by Gasteiger charge is 2.39. The van der Waals surface area contributed by atoms with E-state index < -0.39 is 33.9 Å². The summed E-state index contributed by atoms with van der Waals surface area (Å²) in [6.07, 6.45) is 0.354. The van der Waals surface area contributed by atoms with Gasteiger partial charge in [-0.05, 0) is 43.5 Å². The fourth-order valence-corrected chi connectivity index (χ4v) is 4.74. The molecule has 0 spiro atoms. The van der Waals surface area contributed by atoms with Gasteiger partial charge < -0.3 is 14.8 Å². The van der Waals surface area contributed by atoms with E-state index in [1.54, 1.807) is 31.2 Å².